The first-order valence-electron chi connectivity index (χ1n) is 7.00. The maximum absolute atomic E-state index is 13.4. The molecule has 0 fully saturated rings. The van der Waals surface area contributed by atoms with E-state index in [2.05, 4.69) is 4.98 Å². The number of aromatic amines is 1. The Morgan fingerprint density at radius 2 is 1.95 bits per heavy atom. The zero-order valence-corrected chi connectivity index (χ0v) is 11.8. The van der Waals surface area contributed by atoms with Gasteiger partial charge in [0.2, 0.25) is 0 Å². The smallest absolute Gasteiger partial charge is 0.163 e. The van der Waals surface area contributed by atoms with Crippen molar-refractivity contribution in [2.24, 2.45) is 0 Å². The lowest BCUT2D eigenvalue weighted by atomic mass is 9.93. The van der Waals surface area contributed by atoms with Crippen molar-refractivity contribution < 1.29 is 9.18 Å². The van der Waals surface area contributed by atoms with Crippen LogP contribution in [0, 0.1) is 5.82 Å². The average molecular weight is 281 g/mol. The molecule has 0 bridgehead atoms. The summed E-state index contributed by atoms with van der Waals surface area (Å²) in [6.07, 6.45) is 2.28. The maximum atomic E-state index is 13.4. The van der Waals surface area contributed by atoms with Crippen LogP contribution in [-0.2, 0) is 0 Å². The second-order valence-electron chi connectivity index (χ2n) is 5.33. The summed E-state index contributed by atoms with van der Waals surface area (Å²) in [5.74, 6) is -0.118. The van der Waals surface area contributed by atoms with Crippen molar-refractivity contribution in [1.82, 2.24) is 4.98 Å². The van der Waals surface area contributed by atoms with E-state index in [1.165, 1.54) is 12.1 Å². The fraction of sp³-hybridized carbons (Fsp3) is 0.167. The van der Waals surface area contributed by atoms with Gasteiger partial charge in [0.25, 0.3) is 0 Å². The molecule has 1 atom stereocenters. The third-order valence-electron chi connectivity index (χ3n) is 3.79. The Balaban J connectivity index is 1.86. The first-order chi connectivity index (χ1) is 10.1. The highest BCUT2D eigenvalue weighted by Gasteiger charge is 2.16. The van der Waals surface area contributed by atoms with E-state index >= 15 is 0 Å². The largest absolute Gasteiger partial charge is 0.361 e. The highest BCUT2D eigenvalue weighted by molar-refractivity contribution is 5.97. The van der Waals surface area contributed by atoms with E-state index in [9.17, 15) is 9.18 Å². The van der Waals surface area contributed by atoms with E-state index in [1.54, 1.807) is 6.07 Å². The zero-order chi connectivity index (χ0) is 14.8. The van der Waals surface area contributed by atoms with Gasteiger partial charge in [-0.1, -0.05) is 37.3 Å². The van der Waals surface area contributed by atoms with Crippen molar-refractivity contribution in [2.75, 3.05) is 0 Å². The molecule has 3 rings (SSSR count). The molecule has 0 saturated carbocycles. The Labute approximate surface area is 122 Å². The fourth-order valence-corrected chi connectivity index (χ4v) is 2.65. The summed E-state index contributed by atoms with van der Waals surface area (Å²) in [6.45, 7) is 1.99. The van der Waals surface area contributed by atoms with Gasteiger partial charge in [-0.15, -0.1) is 0 Å². The molecule has 0 saturated heterocycles. The van der Waals surface area contributed by atoms with Crippen LogP contribution >= 0.6 is 0 Å². The average Bonchev–Trinajstić information content (AvgIpc) is 2.91. The van der Waals surface area contributed by atoms with Crippen molar-refractivity contribution >= 4 is 16.7 Å². The predicted octanol–water partition coefficient (Wildman–Crippen LogP) is 4.68. The lowest BCUT2D eigenvalue weighted by Gasteiger charge is -2.10. The molecule has 3 heteroatoms. The Bertz CT molecular complexity index is 776. The number of hydrogen-bond donors (Lipinski definition) is 1. The number of fused-ring (bicyclic) bond motifs is 1. The second-order valence-corrected chi connectivity index (χ2v) is 5.33. The molecule has 0 amide bonds. The van der Waals surface area contributed by atoms with Crippen LogP contribution in [0.2, 0.25) is 0 Å². The highest BCUT2D eigenvalue weighted by atomic mass is 19.1. The first-order valence-corrected chi connectivity index (χ1v) is 7.00. The number of carbonyl (C=O) groups excluding carboxylic acids is 1. The van der Waals surface area contributed by atoms with Crippen molar-refractivity contribution in [3.63, 3.8) is 0 Å². The third kappa shape index (κ3) is 2.72. The number of halogens is 1. The standard InChI is InChI=1S/C18H16FNO/c1-12(9-18(21)13-5-3-2-4-6-13)16-11-20-17-8-7-14(19)10-15(16)17/h2-8,10-12,20H,9H2,1H3/t12-/m1/s1. The molecule has 0 aliphatic carbocycles. The molecular weight excluding hydrogens is 265 g/mol. The molecule has 21 heavy (non-hydrogen) atoms. The van der Waals surface area contributed by atoms with Crippen LogP contribution in [0.15, 0.2) is 54.7 Å². The molecule has 0 spiro atoms. The van der Waals surface area contributed by atoms with Crippen molar-refractivity contribution in [3.05, 3.63) is 71.7 Å². The number of benzene rings is 2. The van der Waals surface area contributed by atoms with Crippen LogP contribution in [-0.4, -0.2) is 10.8 Å². The number of hydrogen-bond acceptors (Lipinski definition) is 1. The minimum Gasteiger partial charge on any atom is -0.361 e. The number of aromatic nitrogens is 1. The molecule has 1 heterocycles. The van der Waals surface area contributed by atoms with Crippen molar-refractivity contribution in [2.45, 2.75) is 19.3 Å². The minimum atomic E-state index is -0.259. The van der Waals surface area contributed by atoms with E-state index in [4.69, 9.17) is 0 Å². The van der Waals surface area contributed by atoms with Crippen molar-refractivity contribution in [3.8, 4) is 0 Å². The topological polar surface area (TPSA) is 32.9 Å². The number of rotatable bonds is 4. The Morgan fingerprint density at radius 3 is 2.71 bits per heavy atom. The summed E-state index contributed by atoms with van der Waals surface area (Å²) >= 11 is 0. The van der Waals surface area contributed by atoms with Gasteiger partial charge < -0.3 is 4.98 Å². The number of Topliss-reactive ketones (excluding diaryl/α,β-unsaturated/α-hetero) is 1. The van der Waals surface area contributed by atoms with Crippen LogP contribution in [0.1, 0.15) is 35.2 Å². The van der Waals surface area contributed by atoms with Crippen LogP contribution in [0.5, 0.6) is 0 Å². The van der Waals surface area contributed by atoms with Gasteiger partial charge in [0, 0.05) is 29.1 Å². The Kier molecular flexibility index (Phi) is 3.57. The van der Waals surface area contributed by atoms with Gasteiger partial charge in [0.15, 0.2) is 5.78 Å². The summed E-state index contributed by atoms with van der Waals surface area (Å²) in [4.78, 5) is 15.4. The van der Waals surface area contributed by atoms with Crippen molar-refractivity contribution in [1.29, 1.82) is 0 Å². The van der Waals surface area contributed by atoms with E-state index < -0.39 is 0 Å². The molecule has 106 valence electrons. The predicted molar refractivity (Wildman–Crippen MR) is 82.1 cm³/mol. The van der Waals surface area contributed by atoms with E-state index in [1.807, 2.05) is 43.5 Å². The number of ketones is 1. The SMILES string of the molecule is C[C@H](CC(=O)c1ccccc1)c1c[nH]c2ccc(F)cc12. The van der Waals surface area contributed by atoms with Gasteiger partial charge in [-0.3, -0.25) is 4.79 Å². The monoisotopic (exact) mass is 281 g/mol. The quantitative estimate of drug-likeness (QED) is 0.692. The van der Waals surface area contributed by atoms with Crippen LogP contribution in [0.4, 0.5) is 4.39 Å². The van der Waals surface area contributed by atoms with Gasteiger partial charge >= 0.3 is 0 Å². The summed E-state index contributed by atoms with van der Waals surface area (Å²) in [5.41, 5.74) is 2.59. The van der Waals surface area contributed by atoms with Crippen LogP contribution < -0.4 is 0 Å². The molecule has 1 aromatic heterocycles. The maximum Gasteiger partial charge on any atom is 0.163 e. The van der Waals surface area contributed by atoms with Gasteiger partial charge in [-0.05, 0) is 29.7 Å². The molecule has 0 unspecified atom stereocenters. The Morgan fingerprint density at radius 1 is 1.19 bits per heavy atom. The lowest BCUT2D eigenvalue weighted by molar-refractivity contribution is 0.0976. The van der Waals surface area contributed by atoms with E-state index in [-0.39, 0.29) is 17.5 Å². The number of carbonyl (C=O) groups is 1. The molecule has 2 nitrogen and oxygen atoms in total. The number of H-pyrrole nitrogens is 1. The number of nitrogens with one attached hydrogen (secondary N) is 1. The van der Waals surface area contributed by atoms with E-state index in [0.717, 1.165) is 22.0 Å². The van der Waals surface area contributed by atoms with Gasteiger partial charge in [0.05, 0.1) is 0 Å². The normalized spacial score (nSPS) is 12.5. The molecule has 0 aliphatic heterocycles. The molecule has 0 radical (unpaired) electrons. The zero-order valence-electron chi connectivity index (χ0n) is 11.8. The summed E-state index contributed by atoms with van der Waals surface area (Å²) in [7, 11) is 0. The first kappa shape index (κ1) is 13.6. The highest BCUT2D eigenvalue weighted by Crippen LogP contribution is 2.29. The summed E-state index contributed by atoms with van der Waals surface area (Å²) in [5, 5.41) is 0.850. The molecule has 2 aromatic carbocycles. The Hall–Kier alpha value is -2.42. The summed E-state index contributed by atoms with van der Waals surface area (Å²) < 4.78 is 13.4. The molecule has 0 aliphatic rings. The fourth-order valence-electron chi connectivity index (χ4n) is 2.65. The molecule has 1 N–H and O–H groups in total. The molecular formula is C18H16FNO. The summed E-state index contributed by atoms with van der Waals surface area (Å²) in [6, 6.07) is 13.9. The van der Waals surface area contributed by atoms with Crippen LogP contribution in [0.25, 0.3) is 10.9 Å². The van der Waals surface area contributed by atoms with Gasteiger partial charge in [-0.2, -0.15) is 0 Å². The van der Waals surface area contributed by atoms with E-state index in [0.29, 0.717) is 6.42 Å². The lowest BCUT2D eigenvalue weighted by Crippen LogP contribution is -2.04. The minimum absolute atomic E-state index is 0.0354. The van der Waals surface area contributed by atoms with Crippen LogP contribution in [0.3, 0.4) is 0 Å². The third-order valence-corrected chi connectivity index (χ3v) is 3.79. The van der Waals surface area contributed by atoms with Gasteiger partial charge in [0.1, 0.15) is 5.82 Å². The second kappa shape index (κ2) is 5.52. The molecule has 3 aromatic rings. The van der Waals surface area contributed by atoms with Gasteiger partial charge in [-0.25, -0.2) is 4.39 Å².